The number of aryl methyl sites for hydroxylation is 3. The van der Waals surface area contributed by atoms with E-state index in [1.165, 1.54) is 11.1 Å². The molecule has 0 amide bonds. The van der Waals surface area contributed by atoms with Crippen molar-refractivity contribution in [1.82, 2.24) is 9.97 Å². The van der Waals surface area contributed by atoms with Gasteiger partial charge in [0, 0.05) is 5.56 Å². The predicted molar refractivity (Wildman–Crippen MR) is 74.2 cm³/mol. The van der Waals surface area contributed by atoms with Gasteiger partial charge in [0.05, 0.1) is 18.5 Å². The summed E-state index contributed by atoms with van der Waals surface area (Å²) >= 11 is 0. The number of rotatable bonds is 3. The van der Waals surface area contributed by atoms with Crippen LogP contribution in [-0.4, -0.2) is 22.5 Å². The molecule has 4 heteroatoms. The molecule has 1 aromatic carbocycles. The number of carbonyl (C=O) groups excluding carboxylic acids is 1. The molecule has 4 nitrogen and oxygen atoms in total. The molecule has 0 atom stereocenters. The van der Waals surface area contributed by atoms with E-state index >= 15 is 0 Å². The van der Waals surface area contributed by atoms with Crippen molar-refractivity contribution in [3.05, 3.63) is 40.8 Å². The molecule has 1 aromatic heterocycles. The molecule has 0 saturated heterocycles. The molecular formula is C15H18N2O2. The maximum atomic E-state index is 11.6. The van der Waals surface area contributed by atoms with Crippen molar-refractivity contribution in [3.63, 3.8) is 0 Å². The van der Waals surface area contributed by atoms with Crippen LogP contribution in [0.15, 0.2) is 18.3 Å². The first-order valence-electron chi connectivity index (χ1n) is 6.33. The number of benzene rings is 1. The molecule has 0 aliphatic rings. The summed E-state index contributed by atoms with van der Waals surface area (Å²) in [6.45, 7) is 8.32. The normalized spacial score (nSPS) is 10.5. The monoisotopic (exact) mass is 258 g/mol. The van der Waals surface area contributed by atoms with Gasteiger partial charge in [0.2, 0.25) is 5.82 Å². The number of carbonyl (C=O) groups is 1. The highest BCUT2D eigenvalue weighted by Gasteiger charge is 2.13. The second-order valence-electron chi connectivity index (χ2n) is 4.62. The van der Waals surface area contributed by atoms with Gasteiger partial charge in [-0.2, -0.15) is 0 Å². The second kappa shape index (κ2) is 5.26. The number of hydrogen-bond donors (Lipinski definition) is 1. The minimum Gasteiger partial charge on any atom is -0.460 e. The van der Waals surface area contributed by atoms with Gasteiger partial charge in [0.15, 0.2) is 0 Å². The average Bonchev–Trinajstić information content (AvgIpc) is 2.83. The zero-order valence-corrected chi connectivity index (χ0v) is 11.7. The summed E-state index contributed by atoms with van der Waals surface area (Å²) < 4.78 is 4.92. The maximum absolute atomic E-state index is 11.6. The van der Waals surface area contributed by atoms with Gasteiger partial charge in [0.1, 0.15) is 0 Å². The van der Waals surface area contributed by atoms with Crippen molar-refractivity contribution in [2.75, 3.05) is 6.61 Å². The van der Waals surface area contributed by atoms with Crippen molar-refractivity contribution >= 4 is 5.97 Å². The molecule has 0 radical (unpaired) electrons. The van der Waals surface area contributed by atoms with E-state index in [4.69, 9.17) is 4.74 Å². The minimum atomic E-state index is -0.421. The molecule has 2 rings (SSSR count). The third kappa shape index (κ3) is 2.67. The van der Waals surface area contributed by atoms with Crippen LogP contribution in [0, 0.1) is 20.8 Å². The molecule has 0 unspecified atom stereocenters. The lowest BCUT2D eigenvalue weighted by atomic mass is 9.99. The molecular weight excluding hydrogens is 240 g/mol. The second-order valence-corrected chi connectivity index (χ2v) is 4.62. The largest absolute Gasteiger partial charge is 0.460 e. The number of aromatic nitrogens is 2. The molecule has 0 spiro atoms. The highest BCUT2D eigenvalue weighted by molar-refractivity contribution is 5.86. The third-order valence-corrected chi connectivity index (χ3v) is 3.18. The van der Waals surface area contributed by atoms with Crippen LogP contribution in [-0.2, 0) is 4.74 Å². The lowest BCUT2D eigenvalue weighted by Crippen LogP contribution is -2.06. The predicted octanol–water partition coefficient (Wildman–Crippen LogP) is 3.18. The minimum absolute atomic E-state index is 0.245. The molecule has 0 bridgehead atoms. The van der Waals surface area contributed by atoms with Crippen LogP contribution < -0.4 is 0 Å². The molecule has 0 aliphatic carbocycles. The van der Waals surface area contributed by atoms with E-state index in [1.807, 2.05) is 6.92 Å². The van der Waals surface area contributed by atoms with E-state index in [2.05, 4.69) is 35.9 Å². The van der Waals surface area contributed by atoms with Crippen LogP contribution in [0.25, 0.3) is 11.3 Å². The number of H-pyrrole nitrogens is 1. The summed E-state index contributed by atoms with van der Waals surface area (Å²) in [5.74, 6) is -0.176. The smallest absolute Gasteiger partial charge is 0.374 e. The highest BCUT2D eigenvalue weighted by atomic mass is 16.5. The Morgan fingerprint density at radius 1 is 1.21 bits per heavy atom. The number of imidazole rings is 1. The van der Waals surface area contributed by atoms with Crippen molar-refractivity contribution in [1.29, 1.82) is 0 Å². The Hall–Kier alpha value is -2.10. The van der Waals surface area contributed by atoms with Gasteiger partial charge in [-0.3, -0.25) is 0 Å². The molecule has 0 fully saturated rings. The van der Waals surface area contributed by atoms with Crippen molar-refractivity contribution < 1.29 is 9.53 Å². The van der Waals surface area contributed by atoms with E-state index in [0.717, 1.165) is 16.8 Å². The van der Waals surface area contributed by atoms with Crippen LogP contribution in [0.3, 0.4) is 0 Å². The Bertz CT molecular complexity index is 615. The van der Waals surface area contributed by atoms with E-state index in [9.17, 15) is 4.79 Å². The van der Waals surface area contributed by atoms with Crippen LogP contribution in [0.4, 0.5) is 0 Å². The number of nitrogens with one attached hydrogen (secondary N) is 1. The van der Waals surface area contributed by atoms with E-state index in [1.54, 1.807) is 13.1 Å². The zero-order valence-electron chi connectivity index (χ0n) is 11.7. The fourth-order valence-electron chi connectivity index (χ4n) is 2.01. The van der Waals surface area contributed by atoms with Gasteiger partial charge in [-0.15, -0.1) is 0 Å². The first-order chi connectivity index (χ1) is 9.02. The van der Waals surface area contributed by atoms with Crippen LogP contribution >= 0.6 is 0 Å². The first kappa shape index (κ1) is 13.3. The molecule has 100 valence electrons. The SMILES string of the molecule is CCOC(=O)c1ncc(-c2cc(C)c(C)cc2C)[nH]1. The summed E-state index contributed by atoms with van der Waals surface area (Å²) in [5.41, 5.74) is 5.52. The summed E-state index contributed by atoms with van der Waals surface area (Å²) in [7, 11) is 0. The number of nitrogens with zero attached hydrogens (tertiary/aromatic N) is 1. The van der Waals surface area contributed by atoms with Crippen LogP contribution in [0.5, 0.6) is 0 Å². The summed E-state index contributed by atoms with van der Waals surface area (Å²) in [5, 5.41) is 0. The quantitative estimate of drug-likeness (QED) is 0.860. The van der Waals surface area contributed by atoms with Crippen molar-refractivity contribution in [2.24, 2.45) is 0 Å². The molecule has 1 N–H and O–H groups in total. The van der Waals surface area contributed by atoms with Gasteiger partial charge in [-0.25, -0.2) is 9.78 Å². The Kier molecular flexibility index (Phi) is 3.69. The standard InChI is InChI=1S/C15H18N2O2/c1-5-19-15(18)14-16-8-13(17-14)12-7-10(3)9(2)6-11(12)4/h6-8H,5H2,1-4H3,(H,16,17). The van der Waals surface area contributed by atoms with Gasteiger partial charge in [-0.1, -0.05) is 6.07 Å². The number of aromatic amines is 1. The Morgan fingerprint density at radius 2 is 1.89 bits per heavy atom. The molecule has 0 saturated carbocycles. The Labute approximate surface area is 112 Å². The lowest BCUT2D eigenvalue weighted by Gasteiger charge is -2.07. The third-order valence-electron chi connectivity index (χ3n) is 3.18. The van der Waals surface area contributed by atoms with Gasteiger partial charge in [0.25, 0.3) is 0 Å². The fourth-order valence-corrected chi connectivity index (χ4v) is 2.01. The number of ether oxygens (including phenoxy) is 1. The molecule has 1 heterocycles. The first-order valence-corrected chi connectivity index (χ1v) is 6.33. The van der Waals surface area contributed by atoms with Crippen molar-refractivity contribution in [3.8, 4) is 11.3 Å². The topological polar surface area (TPSA) is 55.0 Å². The number of hydrogen-bond acceptors (Lipinski definition) is 3. The summed E-state index contributed by atoms with van der Waals surface area (Å²) in [6, 6.07) is 4.24. The fraction of sp³-hybridized carbons (Fsp3) is 0.333. The van der Waals surface area contributed by atoms with E-state index < -0.39 is 5.97 Å². The number of esters is 1. The zero-order chi connectivity index (χ0) is 14.0. The van der Waals surface area contributed by atoms with Gasteiger partial charge in [-0.05, 0) is 50.5 Å². The van der Waals surface area contributed by atoms with Gasteiger partial charge >= 0.3 is 5.97 Å². The summed E-state index contributed by atoms with van der Waals surface area (Å²) in [6.07, 6.45) is 1.67. The lowest BCUT2D eigenvalue weighted by molar-refractivity contribution is 0.0513. The van der Waals surface area contributed by atoms with E-state index in [-0.39, 0.29) is 5.82 Å². The van der Waals surface area contributed by atoms with Crippen molar-refractivity contribution in [2.45, 2.75) is 27.7 Å². The molecule has 2 aromatic rings. The Balaban J connectivity index is 2.38. The highest BCUT2D eigenvalue weighted by Crippen LogP contribution is 2.25. The van der Waals surface area contributed by atoms with Crippen LogP contribution in [0.2, 0.25) is 0 Å². The summed E-state index contributed by atoms with van der Waals surface area (Å²) in [4.78, 5) is 18.7. The maximum Gasteiger partial charge on any atom is 0.374 e. The van der Waals surface area contributed by atoms with E-state index in [0.29, 0.717) is 6.61 Å². The Morgan fingerprint density at radius 3 is 2.58 bits per heavy atom. The van der Waals surface area contributed by atoms with Gasteiger partial charge < -0.3 is 9.72 Å². The molecule has 0 aliphatic heterocycles. The molecule has 19 heavy (non-hydrogen) atoms. The van der Waals surface area contributed by atoms with Crippen LogP contribution in [0.1, 0.15) is 34.2 Å². The average molecular weight is 258 g/mol.